The van der Waals surface area contributed by atoms with Crippen LogP contribution in [0.1, 0.15) is 21.5 Å². The van der Waals surface area contributed by atoms with Crippen molar-refractivity contribution in [3.8, 4) is 11.5 Å². The number of halogens is 1. The number of rotatable bonds is 1. The molecule has 0 saturated heterocycles. The van der Waals surface area contributed by atoms with Crippen molar-refractivity contribution in [2.24, 2.45) is 0 Å². The Morgan fingerprint density at radius 2 is 1.87 bits per heavy atom. The van der Waals surface area contributed by atoms with Crippen LogP contribution < -0.4 is 9.47 Å². The Bertz CT molecular complexity index is 775. The van der Waals surface area contributed by atoms with Crippen LogP contribution in [0.4, 0.5) is 0 Å². The molecule has 0 aromatic heterocycles. The van der Waals surface area contributed by atoms with Gasteiger partial charge in [-0.05, 0) is 29.7 Å². The number of amides is 1. The fourth-order valence-corrected chi connectivity index (χ4v) is 3.35. The van der Waals surface area contributed by atoms with Gasteiger partial charge in [0.2, 0.25) is 0 Å². The predicted octanol–water partition coefficient (Wildman–Crippen LogP) is 3.31. The molecule has 118 valence electrons. The summed E-state index contributed by atoms with van der Waals surface area (Å²) in [7, 11) is 0. The molecule has 0 saturated carbocycles. The second-order valence-corrected chi connectivity index (χ2v) is 6.13. The Balaban J connectivity index is 1.62. The topological polar surface area (TPSA) is 38.8 Å². The molecule has 2 aliphatic heterocycles. The molecule has 2 aromatic carbocycles. The van der Waals surface area contributed by atoms with Gasteiger partial charge in [0.05, 0.1) is 5.02 Å². The second kappa shape index (κ2) is 5.78. The fourth-order valence-electron chi connectivity index (χ4n) is 3.09. The van der Waals surface area contributed by atoms with Crippen molar-refractivity contribution in [1.82, 2.24) is 4.90 Å². The zero-order valence-electron chi connectivity index (χ0n) is 12.5. The fraction of sp³-hybridized carbons (Fsp3) is 0.278. The first kappa shape index (κ1) is 14.4. The van der Waals surface area contributed by atoms with Gasteiger partial charge < -0.3 is 14.4 Å². The van der Waals surface area contributed by atoms with Gasteiger partial charge in [0, 0.05) is 18.7 Å². The van der Waals surface area contributed by atoms with E-state index in [1.807, 2.05) is 17.0 Å². The molecular weight excluding hydrogens is 314 g/mol. The van der Waals surface area contributed by atoms with Crippen LogP contribution in [-0.4, -0.2) is 30.6 Å². The van der Waals surface area contributed by atoms with E-state index in [0.29, 0.717) is 48.4 Å². The Morgan fingerprint density at radius 3 is 2.74 bits per heavy atom. The molecule has 2 aliphatic rings. The van der Waals surface area contributed by atoms with Gasteiger partial charge in [0.25, 0.3) is 5.91 Å². The van der Waals surface area contributed by atoms with Crippen LogP contribution in [0.15, 0.2) is 36.4 Å². The molecule has 4 nitrogen and oxygen atoms in total. The zero-order chi connectivity index (χ0) is 15.8. The van der Waals surface area contributed by atoms with Crippen LogP contribution in [0, 0.1) is 0 Å². The summed E-state index contributed by atoms with van der Waals surface area (Å²) in [6, 6.07) is 11.6. The molecule has 23 heavy (non-hydrogen) atoms. The number of carbonyl (C=O) groups excluding carboxylic acids is 1. The van der Waals surface area contributed by atoms with Crippen molar-refractivity contribution >= 4 is 17.5 Å². The number of benzene rings is 2. The molecule has 1 amide bonds. The number of nitrogens with zero attached hydrogens (tertiary/aromatic N) is 1. The lowest BCUT2D eigenvalue weighted by Crippen LogP contribution is -2.36. The van der Waals surface area contributed by atoms with Gasteiger partial charge in [-0.2, -0.15) is 0 Å². The van der Waals surface area contributed by atoms with Crippen LogP contribution in [-0.2, 0) is 13.0 Å². The third kappa shape index (κ3) is 2.63. The molecule has 4 rings (SSSR count). The van der Waals surface area contributed by atoms with Crippen LogP contribution in [0.5, 0.6) is 11.5 Å². The van der Waals surface area contributed by atoms with Crippen molar-refractivity contribution < 1.29 is 14.3 Å². The largest absolute Gasteiger partial charge is 0.486 e. The van der Waals surface area contributed by atoms with E-state index in [-0.39, 0.29) is 5.91 Å². The smallest absolute Gasteiger partial charge is 0.254 e. The van der Waals surface area contributed by atoms with Crippen LogP contribution in [0.3, 0.4) is 0 Å². The first-order chi connectivity index (χ1) is 11.2. The van der Waals surface area contributed by atoms with Gasteiger partial charge in [-0.3, -0.25) is 4.79 Å². The van der Waals surface area contributed by atoms with Crippen molar-refractivity contribution in [1.29, 1.82) is 0 Å². The number of carbonyl (C=O) groups is 1. The highest BCUT2D eigenvalue weighted by Gasteiger charge is 2.24. The van der Waals surface area contributed by atoms with E-state index in [2.05, 4.69) is 12.1 Å². The SMILES string of the molecule is O=C(c1cc(Cl)c2c(c1)OCCO2)N1CCc2ccccc2C1. The lowest BCUT2D eigenvalue weighted by Gasteiger charge is -2.29. The van der Waals surface area contributed by atoms with E-state index >= 15 is 0 Å². The lowest BCUT2D eigenvalue weighted by atomic mass is 9.99. The third-order valence-corrected chi connectivity index (χ3v) is 4.54. The van der Waals surface area contributed by atoms with Gasteiger partial charge in [0.15, 0.2) is 11.5 Å². The third-order valence-electron chi connectivity index (χ3n) is 4.26. The predicted molar refractivity (Wildman–Crippen MR) is 87.3 cm³/mol. The second-order valence-electron chi connectivity index (χ2n) is 5.73. The minimum absolute atomic E-state index is 0.0293. The first-order valence-corrected chi connectivity index (χ1v) is 8.05. The highest BCUT2D eigenvalue weighted by Crippen LogP contribution is 2.38. The van der Waals surface area contributed by atoms with Crippen molar-refractivity contribution in [2.45, 2.75) is 13.0 Å². The van der Waals surface area contributed by atoms with E-state index in [1.54, 1.807) is 12.1 Å². The van der Waals surface area contributed by atoms with Crippen molar-refractivity contribution in [3.05, 3.63) is 58.1 Å². The number of hydrogen-bond acceptors (Lipinski definition) is 3. The molecule has 2 aromatic rings. The highest BCUT2D eigenvalue weighted by molar-refractivity contribution is 6.32. The maximum atomic E-state index is 12.8. The lowest BCUT2D eigenvalue weighted by molar-refractivity contribution is 0.0733. The summed E-state index contributed by atoms with van der Waals surface area (Å²) in [6.07, 6.45) is 0.875. The Morgan fingerprint density at radius 1 is 1.09 bits per heavy atom. The molecular formula is C18H16ClNO3. The summed E-state index contributed by atoms with van der Waals surface area (Å²) in [5.41, 5.74) is 3.06. The molecule has 0 atom stereocenters. The van der Waals surface area contributed by atoms with E-state index < -0.39 is 0 Å². The van der Waals surface area contributed by atoms with Crippen LogP contribution in [0.25, 0.3) is 0 Å². The molecule has 0 aliphatic carbocycles. The average Bonchev–Trinajstić information content (AvgIpc) is 2.60. The molecule has 0 spiro atoms. The van der Waals surface area contributed by atoms with Gasteiger partial charge in [-0.1, -0.05) is 35.9 Å². The van der Waals surface area contributed by atoms with E-state index in [1.165, 1.54) is 11.1 Å². The zero-order valence-corrected chi connectivity index (χ0v) is 13.3. The minimum atomic E-state index is -0.0293. The minimum Gasteiger partial charge on any atom is -0.486 e. The summed E-state index contributed by atoms with van der Waals surface area (Å²) >= 11 is 6.24. The van der Waals surface area contributed by atoms with E-state index in [0.717, 1.165) is 6.42 Å². The van der Waals surface area contributed by atoms with Crippen molar-refractivity contribution in [2.75, 3.05) is 19.8 Å². The quantitative estimate of drug-likeness (QED) is 0.805. The first-order valence-electron chi connectivity index (χ1n) is 7.67. The summed E-state index contributed by atoms with van der Waals surface area (Å²) < 4.78 is 11.1. The normalized spacial score (nSPS) is 16.0. The van der Waals surface area contributed by atoms with Gasteiger partial charge >= 0.3 is 0 Å². The Kier molecular flexibility index (Phi) is 3.62. The standard InChI is InChI=1S/C18H16ClNO3/c19-15-9-14(10-16-17(15)23-8-7-22-16)18(21)20-6-5-12-3-1-2-4-13(12)11-20/h1-4,9-10H,5-8,11H2. The summed E-state index contributed by atoms with van der Waals surface area (Å²) in [5.74, 6) is 1.04. The molecule has 0 N–H and O–H groups in total. The molecule has 0 bridgehead atoms. The monoisotopic (exact) mass is 329 g/mol. The van der Waals surface area contributed by atoms with Crippen molar-refractivity contribution in [3.63, 3.8) is 0 Å². The summed E-state index contributed by atoms with van der Waals surface area (Å²) in [5, 5.41) is 0.419. The Hall–Kier alpha value is -2.20. The average molecular weight is 330 g/mol. The molecule has 2 heterocycles. The maximum absolute atomic E-state index is 12.8. The van der Waals surface area contributed by atoms with E-state index in [4.69, 9.17) is 21.1 Å². The number of hydrogen-bond donors (Lipinski definition) is 0. The van der Waals surface area contributed by atoms with Gasteiger partial charge in [-0.25, -0.2) is 0 Å². The van der Waals surface area contributed by atoms with E-state index in [9.17, 15) is 4.79 Å². The van der Waals surface area contributed by atoms with Crippen LogP contribution >= 0.6 is 11.6 Å². The van der Waals surface area contributed by atoms with Gasteiger partial charge in [-0.15, -0.1) is 0 Å². The molecule has 0 radical (unpaired) electrons. The molecule has 5 heteroatoms. The van der Waals surface area contributed by atoms with Crippen LogP contribution in [0.2, 0.25) is 5.02 Å². The number of ether oxygens (including phenoxy) is 2. The summed E-state index contributed by atoms with van der Waals surface area (Å²) in [4.78, 5) is 14.7. The molecule has 0 fully saturated rings. The Labute approximate surface area is 139 Å². The molecule has 0 unspecified atom stereocenters. The highest BCUT2D eigenvalue weighted by atomic mass is 35.5. The maximum Gasteiger partial charge on any atom is 0.254 e. The van der Waals surface area contributed by atoms with Gasteiger partial charge in [0.1, 0.15) is 13.2 Å². The number of fused-ring (bicyclic) bond motifs is 2. The summed E-state index contributed by atoms with van der Waals surface area (Å²) in [6.45, 7) is 2.28.